The molecule has 120 valence electrons. The topological polar surface area (TPSA) is 36.4 Å². The van der Waals surface area contributed by atoms with Gasteiger partial charge in [-0.3, -0.25) is 14.7 Å². The average Bonchev–Trinajstić information content (AvgIpc) is 3.22. The molecule has 0 N–H and O–H groups in total. The SMILES string of the molecule is CCC(=O)N1CCC[C@@H]1[C@H]1CCCN1[C@H](C)c1cccnc1. The lowest BCUT2D eigenvalue weighted by Gasteiger charge is -2.38. The molecule has 2 fully saturated rings. The van der Waals surface area contributed by atoms with Gasteiger partial charge in [0.15, 0.2) is 0 Å². The van der Waals surface area contributed by atoms with E-state index in [1.54, 1.807) is 0 Å². The maximum Gasteiger partial charge on any atom is 0.222 e. The third-order valence-corrected chi connectivity index (χ3v) is 5.37. The van der Waals surface area contributed by atoms with E-state index in [0.29, 0.717) is 30.5 Å². The van der Waals surface area contributed by atoms with E-state index < -0.39 is 0 Å². The van der Waals surface area contributed by atoms with Gasteiger partial charge in [-0.2, -0.15) is 0 Å². The summed E-state index contributed by atoms with van der Waals surface area (Å²) in [4.78, 5) is 21.2. The molecule has 3 heterocycles. The Morgan fingerprint density at radius 1 is 1.32 bits per heavy atom. The minimum Gasteiger partial charge on any atom is -0.338 e. The van der Waals surface area contributed by atoms with Crippen LogP contribution in [-0.2, 0) is 4.79 Å². The predicted octanol–water partition coefficient (Wildman–Crippen LogP) is 3.01. The van der Waals surface area contributed by atoms with Crippen LogP contribution in [0.4, 0.5) is 0 Å². The summed E-state index contributed by atoms with van der Waals surface area (Å²) >= 11 is 0. The molecule has 1 aromatic heterocycles. The Labute approximate surface area is 133 Å². The molecule has 0 aliphatic carbocycles. The van der Waals surface area contributed by atoms with Gasteiger partial charge in [0.1, 0.15) is 0 Å². The van der Waals surface area contributed by atoms with E-state index in [4.69, 9.17) is 0 Å². The Morgan fingerprint density at radius 2 is 2.09 bits per heavy atom. The molecule has 0 unspecified atom stereocenters. The monoisotopic (exact) mass is 301 g/mol. The fraction of sp³-hybridized carbons (Fsp3) is 0.667. The van der Waals surface area contributed by atoms with Crippen LogP contribution < -0.4 is 0 Å². The van der Waals surface area contributed by atoms with Crippen molar-refractivity contribution in [3.05, 3.63) is 30.1 Å². The predicted molar refractivity (Wildman–Crippen MR) is 87.4 cm³/mol. The molecule has 3 rings (SSSR count). The number of pyridine rings is 1. The number of aromatic nitrogens is 1. The fourth-order valence-electron chi connectivity index (χ4n) is 4.23. The van der Waals surface area contributed by atoms with Crippen LogP contribution in [0.3, 0.4) is 0 Å². The van der Waals surface area contributed by atoms with E-state index in [9.17, 15) is 4.79 Å². The van der Waals surface area contributed by atoms with Gasteiger partial charge in [0, 0.05) is 43.5 Å². The van der Waals surface area contributed by atoms with E-state index >= 15 is 0 Å². The smallest absolute Gasteiger partial charge is 0.222 e. The van der Waals surface area contributed by atoms with Crippen molar-refractivity contribution in [2.75, 3.05) is 13.1 Å². The molecule has 1 amide bonds. The van der Waals surface area contributed by atoms with Crippen molar-refractivity contribution >= 4 is 5.91 Å². The van der Waals surface area contributed by atoms with Crippen LogP contribution in [0, 0.1) is 0 Å². The molecule has 0 radical (unpaired) electrons. The largest absolute Gasteiger partial charge is 0.338 e. The second-order valence-electron chi connectivity index (χ2n) is 6.56. The van der Waals surface area contributed by atoms with Gasteiger partial charge >= 0.3 is 0 Å². The Bertz CT molecular complexity index is 504. The Hall–Kier alpha value is -1.42. The van der Waals surface area contributed by atoms with Crippen molar-refractivity contribution in [3.8, 4) is 0 Å². The summed E-state index contributed by atoms with van der Waals surface area (Å²) in [6.07, 6.45) is 9.19. The standard InChI is InChI=1S/C18H27N3O/c1-3-18(22)21-12-6-9-17(21)16-8-5-11-20(16)14(2)15-7-4-10-19-13-15/h4,7,10,13-14,16-17H,3,5-6,8-9,11-12H2,1-2H3/t14-,16-,17-/m1/s1. The lowest BCUT2D eigenvalue weighted by Crippen LogP contribution is -2.48. The van der Waals surface area contributed by atoms with Gasteiger partial charge in [-0.1, -0.05) is 13.0 Å². The second kappa shape index (κ2) is 6.78. The number of hydrogen-bond donors (Lipinski definition) is 0. The maximum atomic E-state index is 12.2. The average molecular weight is 301 g/mol. The minimum absolute atomic E-state index is 0.323. The number of rotatable bonds is 4. The van der Waals surface area contributed by atoms with Crippen LogP contribution in [-0.4, -0.2) is 45.9 Å². The summed E-state index contributed by atoms with van der Waals surface area (Å²) in [5.41, 5.74) is 1.28. The van der Waals surface area contributed by atoms with Crippen molar-refractivity contribution in [1.82, 2.24) is 14.8 Å². The van der Waals surface area contributed by atoms with E-state index in [2.05, 4.69) is 27.8 Å². The first kappa shape index (κ1) is 15.5. The lowest BCUT2D eigenvalue weighted by atomic mass is 10.00. The van der Waals surface area contributed by atoms with Gasteiger partial charge in [-0.05, 0) is 50.8 Å². The Balaban J connectivity index is 1.77. The van der Waals surface area contributed by atoms with Gasteiger partial charge in [0.25, 0.3) is 0 Å². The van der Waals surface area contributed by atoms with E-state index in [0.717, 1.165) is 25.9 Å². The van der Waals surface area contributed by atoms with E-state index in [-0.39, 0.29) is 0 Å². The van der Waals surface area contributed by atoms with Gasteiger partial charge < -0.3 is 4.90 Å². The zero-order valence-corrected chi connectivity index (χ0v) is 13.7. The summed E-state index contributed by atoms with van der Waals surface area (Å²) in [6.45, 7) is 6.33. The summed E-state index contributed by atoms with van der Waals surface area (Å²) in [5.74, 6) is 0.323. The number of carbonyl (C=O) groups is 1. The van der Waals surface area contributed by atoms with Crippen LogP contribution in [0.5, 0.6) is 0 Å². The molecular weight excluding hydrogens is 274 g/mol. The molecular formula is C18H27N3O. The summed E-state index contributed by atoms with van der Waals surface area (Å²) in [6, 6.07) is 5.47. The number of likely N-dealkylation sites (tertiary alicyclic amines) is 2. The Morgan fingerprint density at radius 3 is 2.82 bits per heavy atom. The number of amides is 1. The maximum absolute atomic E-state index is 12.2. The van der Waals surface area contributed by atoms with Crippen molar-refractivity contribution in [1.29, 1.82) is 0 Å². The third-order valence-electron chi connectivity index (χ3n) is 5.37. The molecule has 22 heavy (non-hydrogen) atoms. The first-order valence-electron chi connectivity index (χ1n) is 8.67. The molecule has 1 aromatic rings. The van der Waals surface area contributed by atoms with E-state index in [1.165, 1.54) is 18.4 Å². The third kappa shape index (κ3) is 2.89. The van der Waals surface area contributed by atoms with Crippen LogP contribution in [0.1, 0.15) is 57.6 Å². The number of hydrogen-bond acceptors (Lipinski definition) is 3. The van der Waals surface area contributed by atoms with Gasteiger partial charge in [-0.25, -0.2) is 0 Å². The normalized spacial score (nSPS) is 27.3. The Kier molecular flexibility index (Phi) is 4.77. The van der Waals surface area contributed by atoms with Gasteiger partial charge in [0.05, 0.1) is 0 Å². The first-order chi connectivity index (χ1) is 10.7. The van der Waals surface area contributed by atoms with Crippen LogP contribution in [0.25, 0.3) is 0 Å². The molecule has 4 nitrogen and oxygen atoms in total. The quantitative estimate of drug-likeness (QED) is 0.858. The zero-order valence-electron chi connectivity index (χ0n) is 13.7. The molecule has 0 spiro atoms. The minimum atomic E-state index is 0.323. The molecule has 0 aromatic carbocycles. The van der Waals surface area contributed by atoms with Crippen molar-refractivity contribution in [2.24, 2.45) is 0 Å². The molecule has 3 atom stereocenters. The highest BCUT2D eigenvalue weighted by Gasteiger charge is 2.40. The van der Waals surface area contributed by atoms with E-state index in [1.807, 2.05) is 25.4 Å². The van der Waals surface area contributed by atoms with Gasteiger partial charge in [-0.15, -0.1) is 0 Å². The zero-order chi connectivity index (χ0) is 15.5. The fourth-order valence-corrected chi connectivity index (χ4v) is 4.23. The molecule has 0 saturated carbocycles. The molecule has 2 aliphatic rings. The van der Waals surface area contributed by atoms with Crippen LogP contribution in [0.15, 0.2) is 24.5 Å². The molecule has 2 aliphatic heterocycles. The molecule has 4 heteroatoms. The number of carbonyl (C=O) groups excluding carboxylic acids is 1. The summed E-state index contributed by atoms with van der Waals surface area (Å²) in [5, 5.41) is 0. The highest BCUT2D eigenvalue weighted by atomic mass is 16.2. The van der Waals surface area contributed by atoms with Crippen molar-refractivity contribution < 1.29 is 4.79 Å². The van der Waals surface area contributed by atoms with Crippen LogP contribution in [0.2, 0.25) is 0 Å². The molecule has 0 bridgehead atoms. The first-order valence-corrected chi connectivity index (χ1v) is 8.67. The second-order valence-corrected chi connectivity index (χ2v) is 6.56. The van der Waals surface area contributed by atoms with Crippen molar-refractivity contribution in [2.45, 2.75) is 64.1 Å². The highest BCUT2D eigenvalue weighted by Crippen LogP contribution is 2.35. The summed E-state index contributed by atoms with van der Waals surface area (Å²) in [7, 11) is 0. The number of nitrogens with zero attached hydrogens (tertiary/aromatic N) is 3. The summed E-state index contributed by atoms with van der Waals surface area (Å²) < 4.78 is 0. The lowest BCUT2D eigenvalue weighted by molar-refractivity contribution is -0.132. The van der Waals surface area contributed by atoms with Crippen LogP contribution >= 0.6 is 0 Å². The van der Waals surface area contributed by atoms with Crippen molar-refractivity contribution in [3.63, 3.8) is 0 Å². The van der Waals surface area contributed by atoms with Gasteiger partial charge in [0.2, 0.25) is 5.91 Å². The highest BCUT2D eigenvalue weighted by molar-refractivity contribution is 5.76. The molecule has 2 saturated heterocycles.